The van der Waals surface area contributed by atoms with Gasteiger partial charge in [0.05, 0.1) is 0 Å². The minimum absolute atomic E-state index is 0. The van der Waals surface area contributed by atoms with E-state index in [1.54, 1.807) is 0 Å². The molecule has 0 bridgehead atoms. The number of rotatable bonds is 5. The van der Waals surface area contributed by atoms with Crippen LogP contribution in [0.4, 0.5) is 28.4 Å². The average Bonchev–Trinajstić information content (AvgIpc) is 3.61. The number of benzene rings is 8. The van der Waals surface area contributed by atoms with E-state index in [4.69, 9.17) is 11.6 Å². The summed E-state index contributed by atoms with van der Waals surface area (Å²) >= 11 is 6.12. The summed E-state index contributed by atoms with van der Waals surface area (Å²) in [4.78, 5) is 2.36. The minimum atomic E-state index is -0.0133. The fraction of sp³-hybridized carbons (Fsp3) is 0.226. The highest BCUT2D eigenvalue weighted by atomic mass is 35.5. The number of nitrogens with zero attached hydrogens (tertiary/aromatic N) is 1. The second kappa shape index (κ2) is 19.4. The third-order valence-corrected chi connectivity index (χ3v) is 13.1. The molecular weight excluding hydrogens is 808 g/mol. The van der Waals surface area contributed by atoms with Crippen LogP contribution in [0.25, 0.3) is 22.3 Å². The monoisotopic (exact) mass is 874 g/mol. The molecule has 0 aromatic heterocycles. The average molecular weight is 876 g/mol. The quantitative estimate of drug-likeness (QED) is 0.185. The number of hydrogen-bond acceptors (Lipinski definition) is 2. The lowest BCUT2D eigenvalue weighted by Crippen LogP contribution is -2.16. The van der Waals surface area contributed by atoms with Crippen LogP contribution in [-0.2, 0) is 10.8 Å². The first-order valence-electron chi connectivity index (χ1n) is 22.1. The van der Waals surface area contributed by atoms with Crippen LogP contribution in [0.1, 0.15) is 98.2 Å². The second-order valence-electron chi connectivity index (χ2n) is 18.6. The molecule has 0 fully saturated rings. The van der Waals surface area contributed by atoms with E-state index in [0.717, 1.165) is 16.4 Å². The van der Waals surface area contributed by atoms with Gasteiger partial charge in [0.15, 0.2) is 0 Å². The van der Waals surface area contributed by atoms with Crippen molar-refractivity contribution in [2.45, 2.75) is 94.9 Å². The Hall–Kier alpha value is -6.35. The maximum Gasteiger partial charge on any atom is 0.0465 e. The Balaban J connectivity index is 0.000000175. The third-order valence-electron chi connectivity index (χ3n) is 12.8. The SMILES string of the molecule is C.C.Cc1ccc(N(c2ccc(C)cc2)c2ccc3c(c2)C(C)(C)c2ccc(C)cc2-3)cc1.Cc1ccc(Nc2ccc(C)cc2)cc1.Cc1ccc2c(c1)-c1ccc(Cl)cc1C2(C)C. The summed E-state index contributed by atoms with van der Waals surface area (Å²) in [6.07, 6.45) is 0. The molecule has 8 aromatic carbocycles. The second-order valence-corrected chi connectivity index (χ2v) is 19.1. The molecule has 0 atom stereocenters. The van der Waals surface area contributed by atoms with Crippen molar-refractivity contribution in [3.05, 3.63) is 231 Å². The minimum Gasteiger partial charge on any atom is -0.356 e. The van der Waals surface area contributed by atoms with E-state index >= 15 is 0 Å². The van der Waals surface area contributed by atoms with Crippen LogP contribution in [-0.4, -0.2) is 0 Å². The smallest absolute Gasteiger partial charge is 0.0465 e. The molecule has 2 nitrogen and oxygen atoms in total. The number of anilines is 5. The van der Waals surface area contributed by atoms with Crippen molar-refractivity contribution >= 4 is 40.0 Å². The molecule has 0 unspecified atom stereocenters. The van der Waals surface area contributed by atoms with Crippen molar-refractivity contribution in [1.29, 1.82) is 0 Å². The first-order chi connectivity index (χ1) is 30.1. The Bertz CT molecular complexity index is 2810. The van der Waals surface area contributed by atoms with Crippen molar-refractivity contribution in [1.82, 2.24) is 0 Å². The van der Waals surface area contributed by atoms with E-state index < -0.39 is 0 Å². The Kier molecular flexibility index (Phi) is 14.4. The number of aryl methyl sites for hydroxylation is 6. The van der Waals surface area contributed by atoms with E-state index in [0.29, 0.717) is 0 Å². The molecule has 2 aliphatic carbocycles. The maximum absolute atomic E-state index is 6.12. The van der Waals surface area contributed by atoms with Crippen molar-refractivity contribution in [3.63, 3.8) is 0 Å². The van der Waals surface area contributed by atoms with E-state index in [-0.39, 0.29) is 25.7 Å². The largest absolute Gasteiger partial charge is 0.356 e. The normalized spacial score (nSPS) is 12.8. The molecule has 0 aliphatic heterocycles. The topological polar surface area (TPSA) is 15.3 Å². The van der Waals surface area contributed by atoms with Gasteiger partial charge in [-0.15, -0.1) is 0 Å². The molecule has 8 aromatic rings. The number of fused-ring (bicyclic) bond motifs is 6. The van der Waals surface area contributed by atoms with Crippen molar-refractivity contribution in [3.8, 4) is 22.3 Å². The summed E-state index contributed by atoms with van der Waals surface area (Å²) in [5, 5.41) is 4.18. The number of hydrogen-bond donors (Lipinski definition) is 1. The zero-order valence-corrected chi connectivity index (χ0v) is 39.2. The first kappa shape index (κ1) is 48.1. The third kappa shape index (κ3) is 10.00. The van der Waals surface area contributed by atoms with Gasteiger partial charge in [-0.05, 0) is 159 Å². The van der Waals surface area contributed by atoms with Crippen molar-refractivity contribution < 1.29 is 0 Å². The Morgan fingerprint density at radius 1 is 0.338 bits per heavy atom. The van der Waals surface area contributed by atoms with Crippen LogP contribution in [0.3, 0.4) is 0 Å². The lowest BCUT2D eigenvalue weighted by Gasteiger charge is -2.28. The van der Waals surface area contributed by atoms with Crippen LogP contribution in [0, 0.1) is 41.5 Å². The fourth-order valence-electron chi connectivity index (χ4n) is 9.11. The Morgan fingerprint density at radius 2 is 0.677 bits per heavy atom. The summed E-state index contributed by atoms with van der Waals surface area (Å²) in [7, 11) is 0. The van der Waals surface area contributed by atoms with Crippen LogP contribution in [0.15, 0.2) is 170 Å². The molecular formula is C62H67ClN2. The number of nitrogens with one attached hydrogen (secondary N) is 1. The van der Waals surface area contributed by atoms with E-state index in [1.807, 2.05) is 6.07 Å². The van der Waals surface area contributed by atoms with Crippen LogP contribution in [0.2, 0.25) is 5.02 Å². The van der Waals surface area contributed by atoms with Gasteiger partial charge in [-0.1, -0.05) is 185 Å². The molecule has 2 aliphatic rings. The summed E-state index contributed by atoms with van der Waals surface area (Å²) in [6, 6.07) is 61.2. The molecule has 0 spiro atoms. The maximum atomic E-state index is 6.12. The Labute approximate surface area is 396 Å². The van der Waals surface area contributed by atoms with Gasteiger partial charge in [0, 0.05) is 44.3 Å². The summed E-state index contributed by atoms with van der Waals surface area (Å²) in [5.74, 6) is 0. The van der Waals surface area contributed by atoms with Gasteiger partial charge in [0.1, 0.15) is 0 Å². The summed E-state index contributed by atoms with van der Waals surface area (Å²) in [5.41, 5.74) is 24.6. The zero-order valence-electron chi connectivity index (χ0n) is 38.5. The molecule has 0 saturated carbocycles. The van der Waals surface area contributed by atoms with E-state index in [1.165, 1.54) is 95.0 Å². The van der Waals surface area contributed by atoms with Gasteiger partial charge in [-0.3, -0.25) is 0 Å². The predicted octanol–water partition coefficient (Wildman–Crippen LogP) is 18.7. The lowest BCUT2D eigenvalue weighted by molar-refractivity contribution is 0.660. The zero-order chi connectivity index (χ0) is 44.6. The predicted molar refractivity (Wildman–Crippen MR) is 286 cm³/mol. The standard InChI is InChI=1S/C30H29N.C16H15Cl.C14H15N.2CH4/c1-20-6-11-23(12-7-20)31(24-13-8-21(2)9-14-24)25-15-16-26-27-18-22(3)10-17-28(27)30(4,5)29(26)19-25;1-10-4-7-14-13(8-10)12-6-5-11(17)9-15(12)16(14,2)3;1-11-3-7-13(8-4-11)15-14-9-5-12(2)6-10-14;;/h6-19H,1-5H3;4-9H,1-3H3;3-10,15H,1-2H3;2*1H4. The van der Waals surface area contributed by atoms with E-state index in [9.17, 15) is 0 Å². The molecule has 65 heavy (non-hydrogen) atoms. The Morgan fingerprint density at radius 3 is 1.09 bits per heavy atom. The molecule has 0 radical (unpaired) electrons. The van der Waals surface area contributed by atoms with Gasteiger partial charge in [-0.25, -0.2) is 0 Å². The molecule has 1 N–H and O–H groups in total. The molecule has 332 valence electrons. The molecule has 3 heteroatoms. The van der Waals surface area contributed by atoms with Crippen molar-refractivity contribution in [2.75, 3.05) is 10.2 Å². The fourth-order valence-corrected chi connectivity index (χ4v) is 9.28. The van der Waals surface area contributed by atoms with Crippen LogP contribution < -0.4 is 10.2 Å². The van der Waals surface area contributed by atoms with Crippen LogP contribution in [0.5, 0.6) is 0 Å². The molecule has 0 saturated heterocycles. The van der Waals surface area contributed by atoms with Gasteiger partial charge in [0.25, 0.3) is 0 Å². The first-order valence-corrected chi connectivity index (χ1v) is 22.5. The molecule has 0 heterocycles. The summed E-state index contributed by atoms with van der Waals surface area (Å²) < 4.78 is 0. The highest BCUT2D eigenvalue weighted by molar-refractivity contribution is 6.30. The van der Waals surface area contributed by atoms with E-state index in [2.05, 4.69) is 243 Å². The highest BCUT2D eigenvalue weighted by Crippen LogP contribution is 2.51. The molecule has 0 amide bonds. The highest BCUT2D eigenvalue weighted by Gasteiger charge is 2.37. The number of halogens is 1. The van der Waals surface area contributed by atoms with Gasteiger partial charge in [0.2, 0.25) is 0 Å². The van der Waals surface area contributed by atoms with Crippen LogP contribution >= 0.6 is 11.6 Å². The lowest BCUT2D eigenvalue weighted by atomic mass is 9.82. The van der Waals surface area contributed by atoms with Gasteiger partial charge >= 0.3 is 0 Å². The van der Waals surface area contributed by atoms with Gasteiger partial charge in [-0.2, -0.15) is 0 Å². The van der Waals surface area contributed by atoms with Crippen molar-refractivity contribution in [2.24, 2.45) is 0 Å². The summed E-state index contributed by atoms with van der Waals surface area (Å²) in [6.45, 7) is 22.0. The van der Waals surface area contributed by atoms with Gasteiger partial charge < -0.3 is 10.2 Å². The molecule has 10 rings (SSSR count).